The second kappa shape index (κ2) is 10.2. The maximum atomic E-state index is 12.3. The normalized spacial score (nSPS) is 17.4. The van der Waals surface area contributed by atoms with Gasteiger partial charge in [-0.15, -0.1) is 12.4 Å². The van der Waals surface area contributed by atoms with E-state index in [1.807, 2.05) is 24.3 Å². The predicted octanol–water partition coefficient (Wildman–Crippen LogP) is 2.90. The van der Waals surface area contributed by atoms with Gasteiger partial charge in [-0.2, -0.15) is 0 Å². The van der Waals surface area contributed by atoms with Gasteiger partial charge in [-0.25, -0.2) is 4.79 Å². The average Bonchev–Trinajstić information content (AvgIpc) is 2.73. The Labute approximate surface area is 176 Å². The van der Waals surface area contributed by atoms with Crippen LogP contribution in [0.25, 0.3) is 0 Å². The second-order valence-electron chi connectivity index (χ2n) is 6.70. The number of benzene rings is 2. The number of morpholine rings is 1. The van der Waals surface area contributed by atoms with E-state index in [4.69, 9.17) is 14.6 Å². The van der Waals surface area contributed by atoms with Crippen molar-refractivity contribution in [3.05, 3.63) is 59.7 Å². The Balaban J connectivity index is 0.00000300. The van der Waals surface area contributed by atoms with Gasteiger partial charge in [0.05, 0.1) is 25.3 Å². The molecular formula is C21H25ClN2O5. The number of anilines is 1. The zero-order valence-electron chi connectivity index (χ0n) is 16.3. The number of nitrogens with zero attached hydrogens (tertiary/aromatic N) is 1. The number of aromatic carboxylic acids is 1. The van der Waals surface area contributed by atoms with Crippen LogP contribution in [-0.2, 0) is 9.53 Å². The molecule has 1 fully saturated rings. The summed E-state index contributed by atoms with van der Waals surface area (Å²) in [7, 11) is 1.64. The van der Waals surface area contributed by atoms with Crippen LogP contribution in [0.3, 0.4) is 0 Å². The van der Waals surface area contributed by atoms with Gasteiger partial charge < -0.3 is 24.8 Å². The van der Waals surface area contributed by atoms with E-state index in [-0.39, 0.29) is 42.6 Å². The molecule has 1 aliphatic heterocycles. The van der Waals surface area contributed by atoms with Gasteiger partial charge in [-0.05, 0) is 42.8 Å². The molecule has 156 valence electrons. The fourth-order valence-electron chi connectivity index (χ4n) is 3.14. The number of halogens is 1. The topological polar surface area (TPSA) is 88.1 Å². The summed E-state index contributed by atoms with van der Waals surface area (Å²) >= 11 is 0. The van der Waals surface area contributed by atoms with Crippen LogP contribution in [-0.4, -0.2) is 49.9 Å². The predicted molar refractivity (Wildman–Crippen MR) is 112 cm³/mol. The minimum atomic E-state index is -1.02. The summed E-state index contributed by atoms with van der Waals surface area (Å²) in [6.45, 7) is 2.94. The number of hydrogen-bond donors (Lipinski definition) is 2. The van der Waals surface area contributed by atoms with Gasteiger partial charge >= 0.3 is 5.97 Å². The summed E-state index contributed by atoms with van der Waals surface area (Å²) in [5.74, 6) is -0.400. The number of methoxy groups -OCH3 is 1. The van der Waals surface area contributed by atoms with E-state index < -0.39 is 5.97 Å². The van der Waals surface area contributed by atoms with Crippen molar-refractivity contribution in [1.29, 1.82) is 0 Å². The van der Waals surface area contributed by atoms with Gasteiger partial charge in [-0.1, -0.05) is 18.2 Å². The molecule has 1 heterocycles. The first-order valence-corrected chi connectivity index (χ1v) is 9.10. The molecule has 0 aliphatic carbocycles. The average molecular weight is 421 g/mol. The van der Waals surface area contributed by atoms with Gasteiger partial charge in [0.15, 0.2) is 0 Å². The number of hydrogen-bond acceptors (Lipinski definition) is 5. The molecule has 7 nitrogen and oxygen atoms in total. The molecule has 1 aliphatic rings. The molecule has 1 amide bonds. The van der Waals surface area contributed by atoms with Crippen molar-refractivity contribution in [2.24, 2.45) is 0 Å². The zero-order valence-corrected chi connectivity index (χ0v) is 17.1. The zero-order chi connectivity index (χ0) is 20.1. The molecule has 0 radical (unpaired) electrons. The highest BCUT2D eigenvalue weighted by Crippen LogP contribution is 2.22. The van der Waals surface area contributed by atoms with Crippen LogP contribution < -0.4 is 15.0 Å². The molecule has 0 saturated carbocycles. The molecule has 0 spiro atoms. The quantitative estimate of drug-likeness (QED) is 0.716. The van der Waals surface area contributed by atoms with E-state index >= 15 is 0 Å². The van der Waals surface area contributed by atoms with Crippen LogP contribution in [0, 0.1) is 0 Å². The summed E-state index contributed by atoms with van der Waals surface area (Å²) in [6.07, 6.45) is -0.195. The van der Waals surface area contributed by atoms with E-state index in [2.05, 4.69) is 12.2 Å². The molecule has 29 heavy (non-hydrogen) atoms. The lowest BCUT2D eigenvalue weighted by Gasteiger charge is -2.33. The molecule has 3 rings (SSSR count). The number of nitrogens with one attached hydrogen (secondary N) is 1. The lowest BCUT2D eigenvalue weighted by Crippen LogP contribution is -2.50. The smallest absolute Gasteiger partial charge is 0.335 e. The SMILES string of the molecule is COc1cccc([C@@H](C)NCC2CN(c3cccc(C(=O)O)c3)C(=O)CO2)c1.Cl. The Morgan fingerprint density at radius 3 is 2.79 bits per heavy atom. The van der Waals surface area contributed by atoms with E-state index in [0.29, 0.717) is 18.8 Å². The lowest BCUT2D eigenvalue weighted by molar-refractivity contribution is -0.129. The van der Waals surface area contributed by atoms with E-state index in [9.17, 15) is 9.59 Å². The molecular weight excluding hydrogens is 396 g/mol. The summed E-state index contributed by atoms with van der Waals surface area (Å²) in [5, 5.41) is 12.6. The number of rotatable bonds is 7. The molecule has 8 heteroatoms. The van der Waals surface area contributed by atoms with Crippen molar-refractivity contribution >= 4 is 30.0 Å². The van der Waals surface area contributed by atoms with Crippen molar-refractivity contribution in [1.82, 2.24) is 5.32 Å². The third-order valence-corrected chi connectivity index (χ3v) is 4.78. The second-order valence-corrected chi connectivity index (χ2v) is 6.70. The van der Waals surface area contributed by atoms with Crippen molar-refractivity contribution in [2.75, 3.05) is 31.7 Å². The summed E-state index contributed by atoms with van der Waals surface area (Å²) in [5.41, 5.74) is 1.81. The lowest BCUT2D eigenvalue weighted by atomic mass is 10.1. The van der Waals surface area contributed by atoms with Crippen molar-refractivity contribution in [3.8, 4) is 5.75 Å². The highest BCUT2D eigenvalue weighted by molar-refractivity contribution is 5.96. The summed E-state index contributed by atoms with van der Waals surface area (Å²) in [4.78, 5) is 25.0. The Bertz CT molecular complexity index is 860. The van der Waals surface area contributed by atoms with E-state index in [0.717, 1.165) is 11.3 Å². The van der Waals surface area contributed by atoms with E-state index in [1.54, 1.807) is 24.1 Å². The molecule has 2 aromatic carbocycles. The number of amides is 1. The van der Waals surface area contributed by atoms with Crippen LogP contribution in [0.5, 0.6) is 5.75 Å². The Hall–Kier alpha value is -2.61. The third kappa shape index (κ3) is 5.69. The number of carboxylic acid groups (broad SMARTS) is 1. The molecule has 2 atom stereocenters. The van der Waals surface area contributed by atoms with Crippen molar-refractivity contribution in [2.45, 2.75) is 19.1 Å². The monoisotopic (exact) mass is 420 g/mol. The number of ether oxygens (including phenoxy) is 2. The highest BCUT2D eigenvalue weighted by atomic mass is 35.5. The van der Waals surface area contributed by atoms with Crippen LogP contribution in [0.15, 0.2) is 48.5 Å². The van der Waals surface area contributed by atoms with Gasteiger partial charge in [0, 0.05) is 18.3 Å². The number of carboxylic acids is 1. The maximum Gasteiger partial charge on any atom is 0.335 e. The van der Waals surface area contributed by atoms with Gasteiger partial charge in [-0.3, -0.25) is 4.79 Å². The summed E-state index contributed by atoms with van der Waals surface area (Å²) < 4.78 is 10.9. The van der Waals surface area contributed by atoms with Crippen molar-refractivity contribution < 1.29 is 24.2 Å². The first-order valence-electron chi connectivity index (χ1n) is 9.10. The van der Waals surface area contributed by atoms with Crippen LogP contribution >= 0.6 is 12.4 Å². The minimum Gasteiger partial charge on any atom is -0.497 e. The first-order chi connectivity index (χ1) is 13.5. The number of carbonyl (C=O) groups excluding carboxylic acids is 1. The van der Waals surface area contributed by atoms with Crippen LogP contribution in [0.1, 0.15) is 28.9 Å². The van der Waals surface area contributed by atoms with Gasteiger partial charge in [0.1, 0.15) is 12.4 Å². The maximum absolute atomic E-state index is 12.3. The molecule has 2 N–H and O–H groups in total. The summed E-state index contributed by atoms with van der Waals surface area (Å²) in [6, 6.07) is 14.3. The third-order valence-electron chi connectivity index (χ3n) is 4.78. The van der Waals surface area contributed by atoms with Gasteiger partial charge in [0.25, 0.3) is 5.91 Å². The van der Waals surface area contributed by atoms with E-state index in [1.165, 1.54) is 12.1 Å². The Morgan fingerprint density at radius 2 is 2.07 bits per heavy atom. The fraction of sp³-hybridized carbons (Fsp3) is 0.333. The minimum absolute atomic E-state index is 0. The van der Waals surface area contributed by atoms with Gasteiger partial charge in [0.2, 0.25) is 0 Å². The standard InChI is InChI=1S/C21H24N2O5.ClH/c1-14(15-5-4-8-18(10-15)27-2)22-11-19-12-23(20(24)13-28-19)17-7-3-6-16(9-17)21(25)26;/h3-10,14,19,22H,11-13H2,1-2H3,(H,25,26);1H/t14-,19?;/m1./s1. The van der Waals surface area contributed by atoms with Crippen LogP contribution in [0.2, 0.25) is 0 Å². The first kappa shape index (κ1) is 22.7. The van der Waals surface area contributed by atoms with Crippen LogP contribution in [0.4, 0.5) is 5.69 Å². The Morgan fingerprint density at radius 1 is 1.31 bits per heavy atom. The Kier molecular flexibility index (Phi) is 8.01. The highest BCUT2D eigenvalue weighted by Gasteiger charge is 2.28. The molecule has 1 unspecified atom stereocenters. The molecule has 1 saturated heterocycles. The fourth-order valence-corrected chi connectivity index (χ4v) is 3.14. The molecule has 2 aromatic rings. The largest absolute Gasteiger partial charge is 0.497 e. The van der Waals surface area contributed by atoms with Crippen molar-refractivity contribution in [3.63, 3.8) is 0 Å². The molecule has 0 bridgehead atoms. The molecule has 0 aromatic heterocycles. The number of carbonyl (C=O) groups is 2.